The summed E-state index contributed by atoms with van der Waals surface area (Å²) in [6, 6.07) is 1.97. The Morgan fingerprint density at radius 1 is 1.50 bits per heavy atom. The van der Waals surface area contributed by atoms with Gasteiger partial charge in [0.05, 0.1) is 0 Å². The number of aromatic nitrogens is 2. The Kier molecular flexibility index (Phi) is 2.54. The van der Waals surface area contributed by atoms with Gasteiger partial charge < -0.3 is 5.32 Å². The lowest BCUT2D eigenvalue weighted by molar-refractivity contribution is 0.899. The third-order valence-electron chi connectivity index (χ3n) is 3.45. The van der Waals surface area contributed by atoms with Gasteiger partial charge in [-0.1, -0.05) is 0 Å². The molecule has 1 heterocycles. The van der Waals surface area contributed by atoms with Crippen LogP contribution in [-0.2, 0) is 0 Å². The Balaban J connectivity index is 1.63. The van der Waals surface area contributed by atoms with Crippen LogP contribution in [0.15, 0.2) is 12.3 Å². The van der Waals surface area contributed by atoms with Gasteiger partial charge in [-0.3, -0.25) is 0 Å². The summed E-state index contributed by atoms with van der Waals surface area (Å²) in [5.74, 6) is 2.66. The lowest BCUT2D eigenvalue weighted by atomic mass is 10.3. The normalized spacial score (nSPS) is 21.8. The Hall–Kier alpha value is -0.770. The van der Waals surface area contributed by atoms with E-state index in [9.17, 15) is 0 Å². The first-order chi connectivity index (χ1) is 7.81. The molecular weight excluding hydrogens is 218 g/mol. The molecule has 3 nitrogen and oxygen atoms in total. The van der Waals surface area contributed by atoms with E-state index in [0.717, 1.165) is 18.2 Å². The van der Waals surface area contributed by atoms with Crippen molar-refractivity contribution >= 4 is 17.6 Å². The molecule has 1 N–H and O–H groups in total. The van der Waals surface area contributed by atoms with Crippen molar-refractivity contribution in [3.05, 3.63) is 18.1 Å². The van der Waals surface area contributed by atoms with Crippen molar-refractivity contribution in [2.24, 2.45) is 0 Å². The van der Waals surface area contributed by atoms with Crippen LogP contribution >= 0.6 is 11.8 Å². The maximum Gasteiger partial charge on any atom is 0.133 e. The van der Waals surface area contributed by atoms with Crippen LogP contribution in [0.3, 0.4) is 0 Å². The maximum absolute atomic E-state index is 4.57. The molecule has 3 rings (SSSR count). The molecule has 0 aromatic carbocycles. The highest BCUT2D eigenvalue weighted by atomic mass is 32.2. The molecular formula is C12H17N3S. The van der Waals surface area contributed by atoms with Crippen molar-refractivity contribution < 1.29 is 0 Å². The number of hydrogen-bond acceptors (Lipinski definition) is 4. The first-order valence-corrected chi connectivity index (χ1v) is 7.16. The second-order valence-corrected chi connectivity index (χ2v) is 6.09. The van der Waals surface area contributed by atoms with Gasteiger partial charge in [-0.2, -0.15) is 11.8 Å². The topological polar surface area (TPSA) is 37.8 Å². The van der Waals surface area contributed by atoms with Gasteiger partial charge >= 0.3 is 0 Å². The van der Waals surface area contributed by atoms with E-state index in [-0.39, 0.29) is 0 Å². The van der Waals surface area contributed by atoms with Crippen molar-refractivity contribution in [2.45, 2.75) is 36.3 Å². The maximum atomic E-state index is 4.57. The third-order valence-corrected chi connectivity index (χ3v) is 4.87. The molecule has 16 heavy (non-hydrogen) atoms. The molecule has 0 aliphatic heterocycles. The number of anilines is 1. The number of hydrogen-bond donors (Lipinski definition) is 1. The van der Waals surface area contributed by atoms with Crippen molar-refractivity contribution in [3.8, 4) is 0 Å². The number of thioether (sulfide) groups is 1. The fourth-order valence-electron chi connectivity index (χ4n) is 1.85. The molecule has 0 amide bonds. The van der Waals surface area contributed by atoms with Crippen LogP contribution in [0.2, 0.25) is 0 Å². The molecule has 0 unspecified atom stereocenters. The zero-order valence-corrected chi connectivity index (χ0v) is 10.4. The molecule has 4 heteroatoms. The minimum atomic E-state index is 0.491. The SMILES string of the molecule is CSC1(CNc2ccnc(C3CC3)n2)CC1. The van der Waals surface area contributed by atoms with Crippen molar-refractivity contribution in [1.29, 1.82) is 0 Å². The highest BCUT2D eigenvalue weighted by Gasteiger charge is 2.41. The standard InChI is InChI=1S/C12H17N3S/c1-16-12(5-6-12)8-14-10-4-7-13-11(15-10)9-2-3-9/h4,7,9H,2-3,5-6,8H2,1H3,(H,13,14,15). The molecule has 2 aliphatic rings. The van der Waals surface area contributed by atoms with Gasteiger partial charge in [-0.15, -0.1) is 0 Å². The first-order valence-electron chi connectivity index (χ1n) is 5.93. The Morgan fingerprint density at radius 2 is 2.31 bits per heavy atom. The van der Waals surface area contributed by atoms with Crippen LogP contribution in [0.1, 0.15) is 37.4 Å². The molecule has 2 fully saturated rings. The van der Waals surface area contributed by atoms with Crippen molar-refractivity contribution in [3.63, 3.8) is 0 Å². The largest absolute Gasteiger partial charge is 0.369 e. The Labute approximate surface area is 100 Å². The van der Waals surface area contributed by atoms with E-state index in [1.54, 1.807) is 0 Å². The van der Waals surface area contributed by atoms with Crippen molar-refractivity contribution in [1.82, 2.24) is 9.97 Å². The summed E-state index contributed by atoms with van der Waals surface area (Å²) in [4.78, 5) is 8.89. The summed E-state index contributed by atoms with van der Waals surface area (Å²) in [6.07, 6.45) is 9.27. The number of rotatable bonds is 5. The van der Waals surface area contributed by atoms with Crippen molar-refractivity contribution in [2.75, 3.05) is 18.1 Å². The quantitative estimate of drug-likeness (QED) is 0.851. The predicted octanol–water partition coefficient (Wildman–Crippen LogP) is 2.66. The summed E-state index contributed by atoms with van der Waals surface area (Å²) in [6.45, 7) is 1.04. The molecule has 0 bridgehead atoms. The van der Waals surface area contributed by atoms with Crippen LogP contribution in [0, 0.1) is 0 Å². The summed E-state index contributed by atoms with van der Waals surface area (Å²) < 4.78 is 0.491. The van der Waals surface area contributed by atoms with Crippen LogP contribution < -0.4 is 5.32 Å². The van der Waals surface area contributed by atoms with Gasteiger partial charge in [0.1, 0.15) is 11.6 Å². The smallest absolute Gasteiger partial charge is 0.133 e. The van der Waals surface area contributed by atoms with E-state index >= 15 is 0 Å². The Bertz CT molecular complexity index is 386. The van der Waals surface area contributed by atoms with E-state index in [4.69, 9.17) is 0 Å². The van der Waals surface area contributed by atoms with E-state index in [1.807, 2.05) is 24.0 Å². The van der Waals surface area contributed by atoms with E-state index in [2.05, 4.69) is 21.5 Å². The molecule has 86 valence electrons. The predicted molar refractivity (Wildman–Crippen MR) is 68.0 cm³/mol. The van der Waals surface area contributed by atoms with Gasteiger partial charge in [-0.25, -0.2) is 9.97 Å². The van der Waals surface area contributed by atoms with Crippen LogP contribution in [0.4, 0.5) is 5.82 Å². The molecule has 2 aliphatic carbocycles. The van der Waals surface area contributed by atoms with E-state index < -0.39 is 0 Å². The number of nitrogens with one attached hydrogen (secondary N) is 1. The fraction of sp³-hybridized carbons (Fsp3) is 0.667. The zero-order chi connectivity index (χ0) is 11.0. The number of nitrogens with zero attached hydrogens (tertiary/aromatic N) is 2. The monoisotopic (exact) mass is 235 g/mol. The Morgan fingerprint density at radius 3 is 2.94 bits per heavy atom. The average Bonchev–Trinajstić information content (AvgIpc) is 3.20. The summed E-state index contributed by atoms with van der Waals surface area (Å²) in [5, 5.41) is 3.45. The lowest BCUT2D eigenvalue weighted by Gasteiger charge is -2.13. The summed E-state index contributed by atoms with van der Waals surface area (Å²) in [7, 11) is 0. The fourth-order valence-corrected chi connectivity index (χ4v) is 2.58. The average molecular weight is 235 g/mol. The third kappa shape index (κ3) is 2.17. The molecule has 0 saturated heterocycles. The molecule has 1 aromatic rings. The van der Waals surface area contributed by atoms with Gasteiger partial charge in [0.15, 0.2) is 0 Å². The second kappa shape index (κ2) is 3.91. The second-order valence-electron chi connectivity index (χ2n) is 4.82. The van der Waals surface area contributed by atoms with E-state index in [1.165, 1.54) is 25.7 Å². The van der Waals surface area contributed by atoms with Crippen LogP contribution in [0.5, 0.6) is 0 Å². The lowest BCUT2D eigenvalue weighted by Crippen LogP contribution is -2.18. The van der Waals surface area contributed by atoms with E-state index in [0.29, 0.717) is 10.7 Å². The molecule has 1 aromatic heterocycles. The first kappa shape index (κ1) is 10.4. The minimum absolute atomic E-state index is 0.491. The van der Waals surface area contributed by atoms with Gasteiger partial charge in [0, 0.05) is 23.4 Å². The summed E-state index contributed by atoms with van der Waals surface area (Å²) >= 11 is 1.97. The van der Waals surface area contributed by atoms with Gasteiger partial charge in [-0.05, 0) is 38.0 Å². The molecule has 0 radical (unpaired) electrons. The highest BCUT2D eigenvalue weighted by Crippen LogP contribution is 2.47. The molecule has 2 saturated carbocycles. The molecule has 0 spiro atoms. The van der Waals surface area contributed by atoms with Crippen LogP contribution in [-0.4, -0.2) is 27.5 Å². The zero-order valence-electron chi connectivity index (χ0n) is 9.57. The summed E-state index contributed by atoms with van der Waals surface area (Å²) in [5.41, 5.74) is 0. The minimum Gasteiger partial charge on any atom is -0.369 e. The van der Waals surface area contributed by atoms with Gasteiger partial charge in [0.2, 0.25) is 0 Å². The highest BCUT2D eigenvalue weighted by molar-refractivity contribution is 8.00. The molecule has 0 atom stereocenters. The van der Waals surface area contributed by atoms with Gasteiger partial charge in [0.25, 0.3) is 0 Å². The van der Waals surface area contributed by atoms with Crippen LogP contribution in [0.25, 0.3) is 0 Å².